The third kappa shape index (κ3) is 13.1. The maximum atomic E-state index is 9.72. The minimum absolute atomic E-state index is 0.161. The molecule has 8 aromatic rings. The highest BCUT2D eigenvalue weighted by molar-refractivity contribution is 9.69. The van der Waals surface area contributed by atoms with Crippen molar-refractivity contribution in [2.24, 2.45) is 9.98 Å². The van der Waals surface area contributed by atoms with Crippen LogP contribution in [0.15, 0.2) is 180 Å². The molecular formula is C47H38BBr3Cl2N4O2. The Morgan fingerprint density at radius 1 is 0.576 bits per heavy atom. The highest BCUT2D eigenvalue weighted by atomic mass is 79.9. The fraction of sp³-hybridized carbons (Fsp3) is 0.0638. The smallest absolute Gasteiger partial charge is 0.369 e. The molecule has 0 atom stereocenters. The fourth-order valence-electron chi connectivity index (χ4n) is 5.70. The summed E-state index contributed by atoms with van der Waals surface area (Å²) in [4.78, 5) is 18.8. The molecule has 12 heteroatoms. The maximum Gasteiger partial charge on any atom is 0.369 e. The summed E-state index contributed by atoms with van der Waals surface area (Å²) in [6, 6.07) is 54.4. The van der Waals surface area contributed by atoms with Gasteiger partial charge in [-0.15, -0.1) is 47.3 Å². The number of hydrogen-bond donors (Lipinski definition) is 1. The second-order valence-corrected chi connectivity index (χ2v) is 19.4. The fourth-order valence-corrected chi connectivity index (χ4v) is 6.11. The molecule has 8 rings (SSSR count). The molecule has 0 aliphatic heterocycles. The Kier molecular flexibility index (Phi) is 17.1. The van der Waals surface area contributed by atoms with E-state index in [0.29, 0.717) is 34.1 Å². The summed E-state index contributed by atoms with van der Waals surface area (Å²) in [5.74, 6) is 1.82. The molecular weight excluding hydrogens is 974 g/mol. The van der Waals surface area contributed by atoms with Crippen LogP contribution in [-0.4, -0.2) is 36.8 Å². The van der Waals surface area contributed by atoms with Gasteiger partial charge in [-0.1, -0.05) is 158 Å². The Morgan fingerprint density at radius 2 is 0.915 bits per heavy atom. The number of pyridine rings is 2. The Bertz CT molecular complexity index is 2580. The minimum Gasteiger partial charge on any atom is -0.508 e. The summed E-state index contributed by atoms with van der Waals surface area (Å²) in [5.41, 5.74) is 7.03. The average Bonchev–Trinajstić information content (AvgIpc) is 3.26. The lowest BCUT2D eigenvalue weighted by Crippen LogP contribution is -2.03. The molecule has 59 heavy (non-hydrogen) atoms. The molecule has 0 aliphatic carbocycles. The van der Waals surface area contributed by atoms with Crippen LogP contribution in [0.3, 0.4) is 0 Å². The number of phenols is 1. The number of ether oxygens (including phenoxy) is 1. The molecule has 2 heterocycles. The number of aromatic hydroxyl groups is 1. The second kappa shape index (κ2) is 23.1. The Hall–Kier alpha value is -4.84. The molecule has 0 aliphatic rings. The van der Waals surface area contributed by atoms with Crippen LogP contribution in [0.1, 0.15) is 37.4 Å². The van der Waals surface area contributed by atoms with Gasteiger partial charge in [0.05, 0.1) is 39.6 Å². The van der Waals surface area contributed by atoms with Gasteiger partial charge < -0.3 is 9.84 Å². The van der Waals surface area contributed by atoms with Crippen molar-refractivity contribution >= 4 is 119 Å². The highest BCUT2D eigenvalue weighted by Gasteiger charge is 2.13. The lowest BCUT2D eigenvalue weighted by molar-refractivity contribution is 0.415. The van der Waals surface area contributed by atoms with Gasteiger partial charge in [-0.3, -0.25) is 0 Å². The van der Waals surface area contributed by atoms with Crippen LogP contribution in [0.4, 0.5) is 11.6 Å². The zero-order valence-corrected chi connectivity index (χ0v) is 38.3. The van der Waals surface area contributed by atoms with Crippen LogP contribution in [0.25, 0.3) is 21.8 Å². The molecule has 0 unspecified atom stereocenters. The third-order valence-corrected chi connectivity index (χ3v) is 8.88. The topological polar surface area (TPSA) is 80.0 Å². The van der Waals surface area contributed by atoms with Crippen molar-refractivity contribution in [1.29, 1.82) is 0 Å². The minimum atomic E-state index is 0.161. The molecule has 6 aromatic carbocycles. The number of fused-ring (bicyclic) bond motifs is 2. The first kappa shape index (κ1) is 43.7. The zero-order valence-electron chi connectivity index (χ0n) is 33.0. The van der Waals surface area contributed by atoms with Gasteiger partial charge >= 0.3 is 3.18 Å². The predicted molar refractivity (Wildman–Crippen MR) is 262 cm³/mol. The van der Waals surface area contributed by atoms with Gasteiger partial charge in [0, 0.05) is 46.5 Å². The quantitative estimate of drug-likeness (QED) is 0.127. The number of aromatic nitrogens is 2. The number of hydrogen-bond acceptors (Lipinski definition) is 6. The van der Waals surface area contributed by atoms with Crippen molar-refractivity contribution in [3.05, 3.63) is 202 Å². The molecule has 0 radical (unpaired) electrons. The summed E-state index contributed by atoms with van der Waals surface area (Å²) in [6.07, 6.45) is 0. The number of benzene rings is 6. The summed E-state index contributed by atoms with van der Waals surface area (Å²) < 4.78 is 11.8. The normalized spacial score (nSPS) is 10.3. The molecule has 0 spiro atoms. The van der Waals surface area contributed by atoms with E-state index in [1.807, 2.05) is 152 Å². The first-order valence-corrected chi connectivity index (χ1v) is 21.6. The van der Waals surface area contributed by atoms with Crippen LogP contribution in [0.5, 0.6) is 11.5 Å². The third-order valence-electron chi connectivity index (χ3n) is 8.32. The monoisotopic (exact) mass is 1010 g/mol. The predicted octanol–water partition coefficient (Wildman–Crippen LogP) is 15.0. The summed E-state index contributed by atoms with van der Waals surface area (Å²) in [6.45, 7) is 2.29. The van der Waals surface area contributed by atoms with Gasteiger partial charge in [0.1, 0.15) is 11.5 Å². The number of methoxy groups -OCH3 is 1. The van der Waals surface area contributed by atoms with Gasteiger partial charge in [-0.25, -0.2) is 20.0 Å². The van der Waals surface area contributed by atoms with Gasteiger partial charge in [0.15, 0.2) is 11.6 Å². The molecule has 0 saturated carbocycles. The van der Waals surface area contributed by atoms with Gasteiger partial charge in [-0.05, 0) is 36.4 Å². The van der Waals surface area contributed by atoms with E-state index < -0.39 is 0 Å². The summed E-state index contributed by atoms with van der Waals surface area (Å²) >= 11 is 22.2. The van der Waals surface area contributed by atoms with Gasteiger partial charge in [0.2, 0.25) is 0 Å². The van der Waals surface area contributed by atoms with Crippen molar-refractivity contribution in [1.82, 2.24) is 9.97 Å². The first-order valence-electron chi connectivity index (χ1n) is 18.8. The molecule has 6 nitrogen and oxygen atoms in total. The van der Waals surface area contributed by atoms with E-state index in [-0.39, 0.29) is 8.93 Å². The largest absolute Gasteiger partial charge is 0.508 e. The second-order valence-electron chi connectivity index (χ2n) is 12.2. The lowest BCUT2D eigenvalue weighted by atomic mass is 10.0. The standard InChI is InChI=1S/C23H17ClN2O.C22H15ClN2O.C2H6.BBr3/c1-27-19-13-12-18-14-20(24)23(25-21(18)15-19)26-22(16-8-4-2-5-9-16)17-10-6-3-7-11-17;23-19-13-17-11-12-18(26)14-20(17)24-22(19)25-21(15-7-3-1-4-8-15)16-9-5-2-6-10-16;1-2;2-1(3)4/h2-15H,1H3;1-14,26H;1-2H3;/i;;1D;. The van der Waals surface area contributed by atoms with Crippen molar-refractivity contribution in [3.8, 4) is 11.5 Å². The molecule has 1 N–H and O–H groups in total. The average molecular weight is 1010 g/mol. The van der Waals surface area contributed by atoms with Gasteiger partial charge in [0.25, 0.3) is 0 Å². The number of aliphatic imine (C=N–C) groups is 2. The van der Waals surface area contributed by atoms with Crippen LogP contribution < -0.4 is 4.74 Å². The van der Waals surface area contributed by atoms with E-state index in [2.05, 4.69) is 57.2 Å². The number of rotatable bonds is 7. The zero-order chi connectivity index (χ0) is 42.9. The SMILES string of the molecule is BrB(Br)Br.COc1ccc2cc(Cl)c(N=C(c3ccccc3)c3ccccc3)nc2c1.Oc1ccc2cc(Cl)c(N=C(c3ccccc3)c3ccccc3)nc2c1.[2H]CC. The van der Waals surface area contributed by atoms with E-state index in [1.54, 1.807) is 32.2 Å². The van der Waals surface area contributed by atoms with Crippen LogP contribution in [0, 0.1) is 0 Å². The van der Waals surface area contributed by atoms with Crippen LogP contribution in [0.2, 0.25) is 10.0 Å². The molecule has 0 amide bonds. The summed E-state index contributed by atoms with van der Waals surface area (Å²) in [7, 11) is 1.64. The van der Waals surface area contributed by atoms with E-state index in [4.69, 9.17) is 39.3 Å². The maximum absolute atomic E-state index is 9.72. The number of nitrogens with zero attached hydrogens (tertiary/aromatic N) is 4. The number of halogens is 5. The Labute approximate surface area is 381 Å². The molecule has 0 saturated heterocycles. The molecule has 296 valence electrons. The van der Waals surface area contributed by atoms with Crippen LogP contribution >= 0.6 is 70.5 Å². The van der Waals surface area contributed by atoms with E-state index in [1.165, 1.54) is 0 Å². The Balaban J connectivity index is 0.000000197. The molecule has 2 aromatic heterocycles. The van der Waals surface area contributed by atoms with Gasteiger partial charge in [-0.2, -0.15) is 0 Å². The van der Waals surface area contributed by atoms with Crippen molar-refractivity contribution in [3.63, 3.8) is 0 Å². The van der Waals surface area contributed by atoms with E-state index >= 15 is 0 Å². The molecule has 0 fully saturated rings. The first-order chi connectivity index (χ1) is 29.1. The van der Waals surface area contributed by atoms with Crippen molar-refractivity contribution < 1.29 is 11.2 Å². The van der Waals surface area contributed by atoms with Crippen molar-refractivity contribution in [2.75, 3.05) is 7.11 Å². The van der Waals surface area contributed by atoms with E-state index in [0.717, 1.165) is 55.7 Å². The van der Waals surface area contributed by atoms with E-state index in [9.17, 15) is 5.11 Å². The highest BCUT2D eigenvalue weighted by Crippen LogP contribution is 2.32. The van der Waals surface area contributed by atoms with Crippen molar-refractivity contribution in [2.45, 2.75) is 13.8 Å². The lowest BCUT2D eigenvalue weighted by Gasteiger charge is -2.09. The Morgan fingerprint density at radius 3 is 1.27 bits per heavy atom. The number of phenolic OH excluding ortho intramolecular Hbond substituents is 1. The summed E-state index contributed by atoms with van der Waals surface area (Å²) in [5, 5.41) is 12.5. The molecule has 0 bridgehead atoms. The van der Waals surface area contributed by atoms with Crippen LogP contribution in [-0.2, 0) is 0 Å².